The molecule has 1 aliphatic rings. The van der Waals surface area contributed by atoms with Gasteiger partial charge in [-0.2, -0.15) is 5.10 Å². The number of nitrogens with one attached hydrogen (secondary N) is 3. The third-order valence-corrected chi connectivity index (χ3v) is 4.89. The molecular weight excluding hydrogens is 398 g/mol. The largest absolute Gasteiger partial charge is 0.326 e. The van der Waals surface area contributed by atoms with E-state index in [1.807, 2.05) is 12.1 Å². The molecule has 7 nitrogen and oxygen atoms in total. The molecule has 1 saturated carbocycles. The molecule has 0 radical (unpaired) electrons. The fourth-order valence-electron chi connectivity index (χ4n) is 3.10. The van der Waals surface area contributed by atoms with Gasteiger partial charge in [-0.25, -0.2) is 4.79 Å². The SMILES string of the molecule is O=C(Nc1ccc(Br)cc1)NC(C(=O)Nc1cccnn1)C1CCCC1. The van der Waals surface area contributed by atoms with Crippen molar-refractivity contribution in [1.82, 2.24) is 15.5 Å². The van der Waals surface area contributed by atoms with Gasteiger partial charge in [0.15, 0.2) is 5.82 Å². The van der Waals surface area contributed by atoms with E-state index in [0.29, 0.717) is 11.5 Å². The molecule has 1 unspecified atom stereocenters. The first-order chi connectivity index (χ1) is 12.6. The number of carbonyl (C=O) groups is 2. The third kappa shape index (κ3) is 5.01. The number of hydrogen-bond acceptors (Lipinski definition) is 4. The average Bonchev–Trinajstić information content (AvgIpc) is 3.17. The predicted octanol–water partition coefficient (Wildman–Crippen LogP) is 3.56. The summed E-state index contributed by atoms with van der Waals surface area (Å²) < 4.78 is 0.927. The minimum Gasteiger partial charge on any atom is -0.326 e. The van der Waals surface area contributed by atoms with Crippen LogP contribution in [-0.2, 0) is 4.79 Å². The molecule has 3 amide bonds. The van der Waals surface area contributed by atoms with Crippen molar-refractivity contribution in [1.29, 1.82) is 0 Å². The molecule has 0 saturated heterocycles. The summed E-state index contributed by atoms with van der Waals surface area (Å²) in [6, 6.07) is 9.59. The highest BCUT2D eigenvalue weighted by Gasteiger charge is 2.32. The van der Waals surface area contributed by atoms with E-state index in [1.54, 1.807) is 24.3 Å². The van der Waals surface area contributed by atoms with E-state index in [9.17, 15) is 9.59 Å². The number of urea groups is 1. The summed E-state index contributed by atoms with van der Waals surface area (Å²) >= 11 is 3.35. The van der Waals surface area contributed by atoms with Gasteiger partial charge in [-0.3, -0.25) is 4.79 Å². The Morgan fingerprint density at radius 2 is 1.81 bits per heavy atom. The number of aromatic nitrogens is 2. The van der Waals surface area contributed by atoms with Gasteiger partial charge in [0.1, 0.15) is 6.04 Å². The first-order valence-corrected chi connectivity index (χ1v) is 9.33. The second-order valence-electron chi connectivity index (χ2n) is 6.23. The van der Waals surface area contributed by atoms with Crippen LogP contribution in [0.4, 0.5) is 16.3 Å². The van der Waals surface area contributed by atoms with Crippen LogP contribution in [0.25, 0.3) is 0 Å². The van der Waals surface area contributed by atoms with Crippen molar-refractivity contribution in [3.8, 4) is 0 Å². The molecule has 3 N–H and O–H groups in total. The summed E-state index contributed by atoms with van der Waals surface area (Å²) in [6.45, 7) is 0. The molecule has 1 heterocycles. The number of nitrogens with zero attached hydrogens (tertiary/aromatic N) is 2. The summed E-state index contributed by atoms with van der Waals surface area (Å²) in [6.07, 6.45) is 5.49. The highest BCUT2D eigenvalue weighted by atomic mass is 79.9. The maximum Gasteiger partial charge on any atom is 0.319 e. The highest BCUT2D eigenvalue weighted by molar-refractivity contribution is 9.10. The van der Waals surface area contributed by atoms with Crippen LogP contribution >= 0.6 is 15.9 Å². The quantitative estimate of drug-likeness (QED) is 0.692. The number of halogens is 1. The molecule has 0 bridgehead atoms. The first-order valence-electron chi connectivity index (χ1n) is 8.53. The molecule has 1 atom stereocenters. The Kier molecular flexibility index (Phi) is 6.17. The predicted molar refractivity (Wildman–Crippen MR) is 103 cm³/mol. The first kappa shape index (κ1) is 18.3. The summed E-state index contributed by atoms with van der Waals surface area (Å²) in [4.78, 5) is 25.1. The van der Waals surface area contributed by atoms with Crippen LogP contribution in [-0.4, -0.2) is 28.2 Å². The lowest BCUT2D eigenvalue weighted by Crippen LogP contribution is -2.49. The van der Waals surface area contributed by atoms with Gasteiger partial charge in [0, 0.05) is 16.4 Å². The average molecular weight is 418 g/mol. The Hall–Kier alpha value is -2.48. The number of amides is 3. The van der Waals surface area contributed by atoms with Crippen LogP contribution in [0.1, 0.15) is 25.7 Å². The molecule has 1 fully saturated rings. The lowest BCUT2D eigenvalue weighted by atomic mass is 9.97. The van der Waals surface area contributed by atoms with Crippen molar-refractivity contribution in [3.63, 3.8) is 0 Å². The third-order valence-electron chi connectivity index (χ3n) is 4.37. The minimum absolute atomic E-state index is 0.113. The van der Waals surface area contributed by atoms with Crippen molar-refractivity contribution in [2.45, 2.75) is 31.7 Å². The number of hydrogen-bond donors (Lipinski definition) is 3. The zero-order chi connectivity index (χ0) is 18.4. The minimum atomic E-state index is -0.616. The molecule has 8 heteroatoms. The van der Waals surface area contributed by atoms with Gasteiger partial charge in [0.25, 0.3) is 0 Å². The molecule has 0 spiro atoms. The molecule has 3 rings (SSSR count). The van der Waals surface area contributed by atoms with E-state index in [0.717, 1.165) is 30.2 Å². The van der Waals surface area contributed by atoms with E-state index in [4.69, 9.17) is 0 Å². The molecule has 26 heavy (non-hydrogen) atoms. The number of benzene rings is 1. The van der Waals surface area contributed by atoms with Crippen molar-refractivity contribution < 1.29 is 9.59 Å². The van der Waals surface area contributed by atoms with Crippen molar-refractivity contribution in [2.24, 2.45) is 5.92 Å². The maximum absolute atomic E-state index is 12.7. The summed E-state index contributed by atoms with van der Waals surface area (Å²) in [5.74, 6) is 0.210. The van der Waals surface area contributed by atoms with E-state index < -0.39 is 12.1 Å². The Morgan fingerprint density at radius 1 is 1.08 bits per heavy atom. The molecule has 1 aromatic heterocycles. The second kappa shape index (κ2) is 8.75. The summed E-state index contributed by atoms with van der Waals surface area (Å²) in [7, 11) is 0. The van der Waals surface area contributed by atoms with E-state index in [2.05, 4.69) is 42.1 Å². The van der Waals surface area contributed by atoms with Gasteiger partial charge in [-0.15, -0.1) is 5.10 Å². The Balaban J connectivity index is 1.66. The van der Waals surface area contributed by atoms with Crippen LogP contribution in [0.5, 0.6) is 0 Å². The van der Waals surface area contributed by atoms with Crippen LogP contribution in [0.3, 0.4) is 0 Å². The van der Waals surface area contributed by atoms with Gasteiger partial charge >= 0.3 is 6.03 Å². The summed E-state index contributed by atoms with van der Waals surface area (Å²) in [5, 5.41) is 15.9. The Labute approximate surface area is 160 Å². The second-order valence-corrected chi connectivity index (χ2v) is 7.14. The summed E-state index contributed by atoms with van der Waals surface area (Å²) in [5.41, 5.74) is 0.658. The fourth-order valence-corrected chi connectivity index (χ4v) is 3.37. The van der Waals surface area contributed by atoms with Gasteiger partial charge in [-0.1, -0.05) is 28.8 Å². The normalized spacial score (nSPS) is 15.3. The Morgan fingerprint density at radius 3 is 2.46 bits per heavy atom. The van der Waals surface area contributed by atoms with Gasteiger partial charge in [-0.05, 0) is 55.2 Å². The topological polar surface area (TPSA) is 96.0 Å². The van der Waals surface area contributed by atoms with Crippen molar-refractivity contribution in [2.75, 3.05) is 10.6 Å². The van der Waals surface area contributed by atoms with Gasteiger partial charge in [0.05, 0.1) is 0 Å². The van der Waals surface area contributed by atoms with E-state index in [-0.39, 0.29) is 11.8 Å². The zero-order valence-electron chi connectivity index (χ0n) is 14.1. The molecule has 1 aliphatic carbocycles. The zero-order valence-corrected chi connectivity index (χ0v) is 15.7. The standard InChI is InChI=1S/C18H20BrN5O2/c19-13-7-9-14(10-8-13)21-18(26)23-16(12-4-1-2-5-12)17(25)22-15-6-3-11-20-24-15/h3,6-12,16H,1-2,4-5H2,(H2,21,23,26)(H,22,24,25). The van der Waals surface area contributed by atoms with E-state index in [1.165, 1.54) is 6.20 Å². The number of anilines is 2. The molecule has 136 valence electrons. The molecule has 0 aliphatic heterocycles. The van der Waals surface area contributed by atoms with Crippen LogP contribution in [0.15, 0.2) is 47.1 Å². The maximum atomic E-state index is 12.7. The number of carbonyl (C=O) groups excluding carboxylic acids is 2. The van der Waals surface area contributed by atoms with Crippen LogP contribution < -0.4 is 16.0 Å². The molecular formula is C18H20BrN5O2. The monoisotopic (exact) mass is 417 g/mol. The fraction of sp³-hybridized carbons (Fsp3) is 0.333. The lowest BCUT2D eigenvalue weighted by Gasteiger charge is -2.23. The van der Waals surface area contributed by atoms with Crippen LogP contribution in [0, 0.1) is 5.92 Å². The smallest absolute Gasteiger partial charge is 0.319 e. The highest BCUT2D eigenvalue weighted by Crippen LogP contribution is 2.28. The van der Waals surface area contributed by atoms with Crippen LogP contribution in [0.2, 0.25) is 0 Å². The Bertz CT molecular complexity index is 748. The van der Waals surface area contributed by atoms with Crippen molar-refractivity contribution >= 4 is 39.4 Å². The molecule has 2 aromatic rings. The number of rotatable bonds is 5. The van der Waals surface area contributed by atoms with E-state index >= 15 is 0 Å². The van der Waals surface area contributed by atoms with Crippen molar-refractivity contribution in [3.05, 3.63) is 47.1 Å². The van der Waals surface area contributed by atoms with Gasteiger partial charge in [0.2, 0.25) is 5.91 Å². The lowest BCUT2D eigenvalue weighted by molar-refractivity contribution is -0.119. The van der Waals surface area contributed by atoms with Gasteiger partial charge < -0.3 is 16.0 Å². The molecule has 1 aromatic carbocycles.